The van der Waals surface area contributed by atoms with Crippen molar-refractivity contribution in [2.24, 2.45) is 0 Å². The Kier molecular flexibility index (Phi) is 5.73. The highest BCUT2D eigenvalue weighted by molar-refractivity contribution is 6.20. The molecule has 1 radical (unpaired) electrons. The van der Waals surface area contributed by atoms with Crippen molar-refractivity contribution >= 4 is 18.1 Å². The van der Waals surface area contributed by atoms with Crippen LogP contribution in [-0.2, 0) is 9.53 Å². The molecule has 0 aliphatic heterocycles. The fraction of sp³-hybridized carbons (Fsp3) is 0.833. The van der Waals surface area contributed by atoms with Crippen molar-refractivity contribution in [1.82, 2.24) is 0 Å². The predicted molar refractivity (Wildman–Crippen MR) is 36.2 cm³/mol. The molecule has 0 aliphatic rings. The lowest BCUT2D eigenvalue weighted by Gasteiger charge is -2.02. The summed E-state index contributed by atoms with van der Waals surface area (Å²) < 4.78 is 4.32. The summed E-state index contributed by atoms with van der Waals surface area (Å²) in [5, 5.41) is 0.123. The topological polar surface area (TPSA) is 26.3 Å². The minimum absolute atomic E-state index is 0.123. The molecule has 0 amide bonds. The SMILES string of the molecule is CCC(Cl)CCO[C]=O. The summed E-state index contributed by atoms with van der Waals surface area (Å²) in [6.07, 6.45) is 1.62. The lowest BCUT2D eigenvalue weighted by Crippen LogP contribution is -2.01. The Bertz CT molecular complexity index is 75.5. The van der Waals surface area contributed by atoms with Crippen LogP contribution in [0.25, 0.3) is 0 Å². The minimum Gasteiger partial charge on any atom is -0.457 e. The second-order valence-electron chi connectivity index (χ2n) is 1.73. The van der Waals surface area contributed by atoms with E-state index in [1.165, 1.54) is 6.47 Å². The average molecular weight is 150 g/mol. The van der Waals surface area contributed by atoms with E-state index >= 15 is 0 Å². The molecule has 0 aromatic carbocycles. The lowest BCUT2D eigenvalue weighted by molar-refractivity contribution is 0.271. The molecule has 2 nitrogen and oxygen atoms in total. The Hall–Kier alpha value is -0.240. The van der Waals surface area contributed by atoms with Gasteiger partial charge in [0.1, 0.15) is 0 Å². The third-order valence-electron chi connectivity index (χ3n) is 1.04. The third kappa shape index (κ3) is 5.63. The van der Waals surface area contributed by atoms with Crippen LogP contribution in [0.4, 0.5) is 0 Å². The zero-order chi connectivity index (χ0) is 7.11. The Balaban J connectivity index is 2.96. The molecule has 9 heavy (non-hydrogen) atoms. The summed E-state index contributed by atoms with van der Waals surface area (Å²) in [5.74, 6) is 0. The van der Waals surface area contributed by atoms with E-state index in [4.69, 9.17) is 11.6 Å². The average Bonchev–Trinajstić information content (AvgIpc) is 1.89. The van der Waals surface area contributed by atoms with Gasteiger partial charge >= 0.3 is 6.47 Å². The molecule has 0 aromatic heterocycles. The predicted octanol–water partition coefficient (Wildman–Crippen LogP) is 1.48. The van der Waals surface area contributed by atoms with Crippen LogP contribution < -0.4 is 0 Å². The molecule has 0 spiro atoms. The van der Waals surface area contributed by atoms with Gasteiger partial charge in [0.05, 0.1) is 6.61 Å². The van der Waals surface area contributed by atoms with Crippen molar-refractivity contribution in [3.05, 3.63) is 0 Å². The maximum Gasteiger partial charge on any atom is 0.417 e. The molecule has 0 aromatic rings. The zero-order valence-corrected chi connectivity index (χ0v) is 6.15. The molecule has 0 saturated carbocycles. The van der Waals surface area contributed by atoms with Gasteiger partial charge in [-0.15, -0.1) is 11.6 Å². The van der Waals surface area contributed by atoms with E-state index in [0.717, 1.165) is 6.42 Å². The van der Waals surface area contributed by atoms with Crippen LogP contribution in [0.1, 0.15) is 19.8 Å². The van der Waals surface area contributed by atoms with E-state index in [0.29, 0.717) is 13.0 Å². The molecule has 0 N–H and O–H groups in total. The Morgan fingerprint density at radius 2 is 2.44 bits per heavy atom. The van der Waals surface area contributed by atoms with Crippen molar-refractivity contribution in [2.45, 2.75) is 25.1 Å². The van der Waals surface area contributed by atoms with Crippen LogP contribution in [0.3, 0.4) is 0 Å². The largest absolute Gasteiger partial charge is 0.457 e. The van der Waals surface area contributed by atoms with Gasteiger partial charge in [0.2, 0.25) is 0 Å². The maximum absolute atomic E-state index is 9.48. The first-order valence-corrected chi connectivity index (χ1v) is 3.38. The van der Waals surface area contributed by atoms with Crippen molar-refractivity contribution in [3.63, 3.8) is 0 Å². The van der Waals surface area contributed by atoms with Gasteiger partial charge in [-0.1, -0.05) is 6.92 Å². The van der Waals surface area contributed by atoms with Crippen molar-refractivity contribution in [1.29, 1.82) is 0 Å². The molecule has 1 atom stereocenters. The maximum atomic E-state index is 9.48. The Labute approximate surface area is 60.1 Å². The molecule has 0 heterocycles. The van der Waals surface area contributed by atoms with E-state index in [9.17, 15) is 4.79 Å². The monoisotopic (exact) mass is 149 g/mol. The number of carbonyl (C=O) groups excluding carboxylic acids is 1. The fourth-order valence-electron chi connectivity index (χ4n) is 0.433. The number of rotatable bonds is 5. The van der Waals surface area contributed by atoms with Crippen molar-refractivity contribution in [3.8, 4) is 0 Å². The third-order valence-corrected chi connectivity index (χ3v) is 1.56. The Morgan fingerprint density at radius 3 is 2.89 bits per heavy atom. The normalized spacial score (nSPS) is 12.7. The number of hydrogen-bond acceptors (Lipinski definition) is 2. The van der Waals surface area contributed by atoms with Crippen LogP contribution in [0, 0.1) is 0 Å². The van der Waals surface area contributed by atoms with Gasteiger partial charge in [0.25, 0.3) is 0 Å². The molecule has 1 unspecified atom stereocenters. The van der Waals surface area contributed by atoms with Gasteiger partial charge in [-0.25, -0.2) is 4.79 Å². The molecule has 0 aliphatic carbocycles. The van der Waals surface area contributed by atoms with Gasteiger partial charge in [0.15, 0.2) is 0 Å². The van der Waals surface area contributed by atoms with Gasteiger partial charge in [-0.3, -0.25) is 0 Å². The molecule has 0 fully saturated rings. The number of alkyl halides is 1. The molecule has 53 valence electrons. The van der Waals surface area contributed by atoms with Crippen LogP contribution in [0.15, 0.2) is 0 Å². The van der Waals surface area contributed by atoms with Gasteiger partial charge in [0, 0.05) is 5.38 Å². The van der Waals surface area contributed by atoms with Gasteiger partial charge < -0.3 is 4.74 Å². The second kappa shape index (κ2) is 5.89. The van der Waals surface area contributed by atoms with Crippen LogP contribution in [0.2, 0.25) is 0 Å². The van der Waals surface area contributed by atoms with Crippen molar-refractivity contribution in [2.75, 3.05) is 6.61 Å². The number of ether oxygens (including phenoxy) is 1. The molecule has 3 heteroatoms. The highest BCUT2D eigenvalue weighted by Gasteiger charge is 1.99. The second-order valence-corrected chi connectivity index (χ2v) is 2.34. The van der Waals surface area contributed by atoms with Crippen LogP contribution in [0.5, 0.6) is 0 Å². The van der Waals surface area contributed by atoms with E-state index in [1.807, 2.05) is 6.92 Å². The quantitative estimate of drug-likeness (QED) is 0.437. The minimum atomic E-state index is 0.123. The molecule has 0 saturated heterocycles. The zero-order valence-electron chi connectivity index (χ0n) is 5.39. The first-order chi connectivity index (χ1) is 4.31. The van der Waals surface area contributed by atoms with Crippen LogP contribution >= 0.6 is 11.6 Å². The summed E-state index contributed by atoms with van der Waals surface area (Å²) in [6.45, 7) is 3.71. The molecular formula is C6H10ClO2. The van der Waals surface area contributed by atoms with E-state index in [2.05, 4.69) is 4.74 Å². The van der Waals surface area contributed by atoms with E-state index in [-0.39, 0.29) is 5.38 Å². The molecule has 0 bridgehead atoms. The van der Waals surface area contributed by atoms with Crippen molar-refractivity contribution < 1.29 is 9.53 Å². The Morgan fingerprint density at radius 1 is 1.78 bits per heavy atom. The summed E-state index contributed by atoms with van der Waals surface area (Å²) in [6, 6.07) is 0. The highest BCUT2D eigenvalue weighted by atomic mass is 35.5. The molecule has 0 rings (SSSR count). The number of halogens is 1. The lowest BCUT2D eigenvalue weighted by atomic mass is 10.2. The van der Waals surface area contributed by atoms with Gasteiger partial charge in [-0.2, -0.15) is 0 Å². The first-order valence-electron chi connectivity index (χ1n) is 2.94. The molecular weight excluding hydrogens is 140 g/mol. The van der Waals surface area contributed by atoms with Gasteiger partial charge in [-0.05, 0) is 12.8 Å². The summed E-state index contributed by atoms with van der Waals surface area (Å²) in [7, 11) is 0. The number of hydrogen-bond donors (Lipinski definition) is 0. The summed E-state index contributed by atoms with van der Waals surface area (Å²) >= 11 is 5.69. The first kappa shape index (κ1) is 8.76. The van der Waals surface area contributed by atoms with E-state index < -0.39 is 0 Å². The summed E-state index contributed by atoms with van der Waals surface area (Å²) in [4.78, 5) is 9.48. The standard InChI is InChI=1S/C6H10ClO2/c1-2-6(7)3-4-9-5-8/h6H,2-4H2,1H3. The fourth-order valence-corrected chi connectivity index (χ4v) is 0.522. The highest BCUT2D eigenvalue weighted by Crippen LogP contribution is 2.05. The van der Waals surface area contributed by atoms with Crippen LogP contribution in [-0.4, -0.2) is 18.5 Å². The summed E-state index contributed by atoms with van der Waals surface area (Å²) in [5.41, 5.74) is 0. The van der Waals surface area contributed by atoms with E-state index in [1.54, 1.807) is 0 Å². The smallest absolute Gasteiger partial charge is 0.417 e.